The lowest BCUT2D eigenvalue weighted by molar-refractivity contribution is 0.561. The molecule has 0 aliphatic carbocycles. The number of aryl methyl sites for hydroxylation is 1. The van der Waals surface area contributed by atoms with Crippen LogP contribution >= 0.6 is 15.9 Å². The smallest absolute Gasteiger partial charge is 0.192 e. The molecule has 0 fully saturated rings. The quantitative estimate of drug-likeness (QED) is 0.757. The lowest BCUT2D eigenvalue weighted by atomic mass is 10.2. The van der Waals surface area contributed by atoms with Crippen LogP contribution in [0.3, 0.4) is 0 Å². The number of oxazole rings is 1. The number of nitrogens with one attached hydrogen (secondary N) is 1. The fraction of sp³-hybridized carbons (Fsp3) is 0.133. The first kappa shape index (κ1) is 13.1. The molecule has 0 atom stereocenters. The molecule has 3 rings (SSSR count). The second-order valence-electron chi connectivity index (χ2n) is 4.50. The highest BCUT2D eigenvalue weighted by atomic mass is 79.9. The summed E-state index contributed by atoms with van der Waals surface area (Å²) in [4.78, 5) is 4.27. The largest absolute Gasteiger partial charge is 0.441 e. The van der Waals surface area contributed by atoms with Crippen molar-refractivity contribution in [2.24, 2.45) is 0 Å². The predicted molar refractivity (Wildman–Crippen MR) is 80.2 cm³/mol. The van der Waals surface area contributed by atoms with E-state index in [-0.39, 0.29) is 5.82 Å². The number of fused-ring (bicyclic) bond motifs is 1. The maximum absolute atomic E-state index is 13.7. The van der Waals surface area contributed by atoms with Crippen molar-refractivity contribution in [2.45, 2.75) is 13.5 Å². The Morgan fingerprint density at radius 1 is 1.25 bits per heavy atom. The van der Waals surface area contributed by atoms with Gasteiger partial charge >= 0.3 is 0 Å². The summed E-state index contributed by atoms with van der Waals surface area (Å²) in [6, 6.07) is 10.7. The Kier molecular flexibility index (Phi) is 3.44. The lowest BCUT2D eigenvalue weighted by Gasteiger charge is -2.07. The second kappa shape index (κ2) is 5.25. The first-order valence-electron chi connectivity index (χ1n) is 6.17. The van der Waals surface area contributed by atoms with E-state index in [4.69, 9.17) is 4.42 Å². The highest BCUT2D eigenvalue weighted by Crippen LogP contribution is 2.21. The summed E-state index contributed by atoms with van der Waals surface area (Å²) in [5.41, 5.74) is 3.05. The molecule has 0 spiro atoms. The molecule has 0 saturated carbocycles. The van der Waals surface area contributed by atoms with Crippen LogP contribution in [0.1, 0.15) is 11.5 Å². The van der Waals surface area contributed by atoms with Crippen LogP contribution in [-0.4, -0.2) is 4.98 Å². The van der Waals surface area contributed by atoms with Crippen LogP contribution in [0, 0.1) is 12.7 Å². The van der Waals surface area contributed by atoms with Gasteiger partial charge in [-0.05, 0) is 30.3 Å². The first-order chi connectivity index (χ1) is 9.61. The third-order valence-electron chi connectivity index (χ3n) is 2.99. The Labute approximate surface area is 123 Å². The monoisotopic (exact) mass is 334 g/mol. The van der Waals surface area contributed by atoms with Crippen LogP contribution in [0.15, 0.2) is 45.3 Å². The minimum Gasteiger partial charge on any atom is -0.441 e. The third kappa shape index (κ3) is 2.67. The van der Waals surface area contributed by atoms with Crippen molar-refractivity contribution in [1.29, 1.82) is 0 Å². The van der Waals surface area contributed by atoms with E-state index in [1.807, 2.05) is 31.2 Å². The van der Waals surface area contributed by atoms with E-state index in [2.05, 4.69) is 26.2 Å². The van der Waals surface area contributed by atoms with Gasteiger partial charge < -0.3 is 9.73 Å². The van der Waals surface area contributed by atoms with Gasteiger partial charge in [0.25, 0.3) is 0 Å². The van der Waals surface area contributed by atoms with Crippen molar-refractivity contribution >= 4 is 32.7 Å². The lowest BCUT2D eigenvalue weighted by Crippen LogP contribution is -2.01. The van der Waals surface area contributed by atoms with Gasteiger partial charge in [0.2, 0.25) is 0 Å². The average Bonchev–Trinajstić information content (AvgIpc) is 2.77. The van der Waals surface area contributed by atoms with E-state index in [0.29, 0.717) is 18.0 Å². The summed E-state index contributed by atoms with van der Waals surface area (Å²) < 4.78 is 19.9. The molecule has 2 aromatic carbocycles. The first-order valence-corrected chi connectivity index (χ1v) is 6.96. The summed E-state index contributed by atoms with van der Waals surface area (Å²) in [7, 11) is 0. The zero-order valence-corrected chi connectivity index (χ0v) is 12.4. The molecular formula is C15H12BrFN2O. The molecule has 0 saturated heterocycles. The fourth-order valence-corrected chi connectivity index (χ4v) is 2.35. The molecule has 1 N–H and O–H groups in total. The van der Waals surface area contributed by atoms with Gasteiger partial charge in [-0.25, -0.2) is 9.37 Å². The van der Waals surface area contributed by atoms with E-state index in [0.717, 1.165) is 21.3 Å². The molecule has 1 heterocycles. The summed E-state index contributed by atoms with van der Waals surface area (Å²) in [6.07, 6.45) is 0. The van der Waals surface area contributed by atoms with Crippen molar-refractivity contribution < 1.29 is 8.81 Å². The van der Waals surface area contributed by atoms with E-state index in [1.54, 1.807) is 6.07 Å². The number of hydrogen-bond donors (Lipinski definition) is 1. The average molecular weight is 335 g/mol. The van der Waals surface area contributed by atoms with Crippen LogP contribution in [0.25, 0.3) is 11.1 Å². The van der Waals surface area contributed by atoms with E-state index < -0.39 is 0 Å². The van der Waals surface area contributed by atoms with Crippen LogP contribution < -0.4 is 5.32 Å². The van der Waals surface area contributed by atoms with Crippen molar-refractivity contribution in [3.8, 4) is 0 Å². The van der Waals surface area contributed by atoms with E-state index in [1.165, 1.54) is 6.07 Å². The zero-order chi connectivity index (χ0) is 14.1. The molecule has 0 radical (unpaired) electrons. The van der Waals surface area contributed by atoms with E-state index >= 15 is 0 Å². The van der Waals surface area contributed by atoms with Crippen molar-refractivity contribution in [1.82, 2.24) is 4.98 Å². The molecule has 0 amide bonds. The van der Waals surface area contributed by atoms with Crippen LogP contribution in [-0.2, 0) is 6.54 Å². The van der Waals surface area contributed by atoms with Crippen LogP contribution in [0.4, 0.5) is 10.1 Å². The number of aromatic nitrogens is 1. The highest BCUT2D eigenvalue weighted by Gasteiger charge is 2.05. The standard InChI is InChI=1S/C15H12BrFN2O/c1-9-19-14-7-12(4-5-15(14)20-9)18-8-10-2-3-11(16)6-13(10)17/h2-7,18H,8H2,1H3. The molecule has 3 aromatic rings. The second-order valence-corrected chi connectivity index (χ2v) is 5.42. The Morgan fingerprint density at radius 3 is 2.90 bits per heavy atom. The number of rotatable bonds is 3. The molecule has 0 aliphatic heterocycles. The van der Waals surface area contributed by atoms with E-state index in [9.17, 15) is 4.39 Å². The van der Waals surface area contributed by atoms with Gasteiger partial charge in [-0.15, -0.1) is 0 Å². The maximum Gasteiger partial charge on any atom is 0.192 e. The van der Waals surface area contributed by atoms with Crippen molar-refractivity contribution in [2.75, 3.05) is 5.32 Å². The van der Waals surface area contributed by atoms with Gasteiger partial charge in [-0.2, -0.15) is 0 Å². The van der Waals surface area contributed by atoms with Gasteiger partial charge in [-0.1, -0.05) is 22.0 Å². The molecule has 1 aromatic heterocycles. The van der Waals surface area contributed by atoms with Gasteiger partial charge in [0.15, 0.2) is 11.5 Å². The number of anilines is 1. The van der Waals surface area contributed by atoms with Gasteiger partial charge in [-0.3, -0.25) is 0 Å². The Bertz CT molecular complexity index is 770. The van der Waals surface area contributed by atoms with Crippen molar-refractivity contribution in [3.63, 3.8) is 0 Å². The molecule has 0 bridgehead atoms. The summed E-state index contributed by atoms with van der Waals surface area (Å²) in [6.45, 7) is 2.23. The molecule has 102 valence electrons. The number of benzene rings is 2. The van der Waals surface area contributed by atoms with Crippen LogP contribution in [0.2, 0.25) is 0 Å². The minimum absolute atomic E-state index is 0.231. The molecule has 5 heteroatoms. The summed E-state index contributed by atoms with van der Waals surface area (Å²) >= 11 is 3.24. The number of hydrogen-bond acceptors (Lipinski definition) is 3. The SMILES string of the molecule is Cc1nc2cc(NCc3ccc(Br)cc3F)ccc2o1. The molecule has 20 heavy (non-hydrogen) atoms. The van der Waals surface area contributed by atoms with Crippen LogP contribution in [0.5, 0.6) is 0 Å². The normalized spacial score (nSPS) is 10.9. The zero-order valence-electron chi connectivity index (χ0n) is 10.8. The molecule has 3 nitrogen and oxygen atoms in total. The fourth-order valence-electron chi connectivity index (χ4n) is 2.01. The van der Waals surface area contributed by atoms with Crippen molar-refractivity contribution in [3.05, 3.63) is 58.1 Å². The third-order valence-corrected chi connectivity index (χ3v) is 3.49. The molecular weight excluding hydrogens is 323 g/mol. The maximum atomic E-state index is 13.7. The molecule has 0 unspecified atom stereocenters. The summed E-state index contributed by atoms with van der Waals surface area (Å²) in [5.74, 6) is 0.404. The Balaban J connectivity index is 1.79. The summed E-state index contributed by atoms with van der Waals surface area (Å²) in [5, 5.41) is 3.19. The number of halogens is 2. The molecule has 0 aliphatic rings. The highest BCUT2D eigenvalue weighted by molar-refractivity contribution is 9.10. The van der Waals surface area contributed by atoms with Gasteiger partial charge in [0.1, 0.15) is 11.3 Å². The predicted octanol–water partition coefficient (Wildman–Crippen LogP) is 4.65. The Hall–Kier alpha value is -1.88. The number of nitrogens with zero attached hydrogens (tertiary/aromatic N) is 1. The minimum atomic E-state index is -0.231. The topological polar surface area (TPSA) is 38.1 Å². The van der Waals surface area contributed by atoms with Gasteiger partial charge in [0, 0.05) is 29.2 Å². The Morgan fingerprint density at radius 2 is 2.10 bits per heavy atom. The van der Waals surface area contributed by atoms with Gasteiger partial charge in [0.05, 0.1) is 0 Å².